The fraction of sp³-hybridized carbons (Fsp3) is 0.900. The lowest BCUT2D eigenvalue weighted by Crippen LogP contribution is -2.47. The van der Waals surface area contributed by atoms with Gasteiger partial charge in [0.25, 0.3) is 0 Å². The number of nitrogens with zero attached hydrogens (tertiary/aromatic N) is 1. The molecule has 0 aromatic carbocycles. The number of hydrogen-bond acceptors (Lipinski definition) is 2. The lowest BCUT2D eigenvalue weighted by Gasteiger charge is -2.32. The first kappa shape index (κ1) is 14.1. The number of carbonyl (C=O) groups excluding carboxylic acids is 1. The SMILES string of the molecule is CNCC1CCN(C(=O)NCC(F)(F)F)CC1. The van der Waals surface area contributed by atoms with E-state index in [9.17, 15) is 18.0 Å². The molecular formula is C10H18F3N3O. The number of piperidine rings is 1. The van der Waals surface area contributed by atoms with Crippen LogP contribution in [0, 0.1) is 5.92 Å². The summed E-state index contributed by atoms with van der Waals surface area (Å²) < 4.78 is 35.7. The molecule has 1 aliphatic heterocycles. The van der Waals surface area contributed by atoms with Gasteiger partial charge in [-0.15, -0.1) is 0 Å². The lowest BCUT2D eigenvalue weighted by molar-refractivity contribution is -0.123. The second-order valence-corrected chi connectivity index (χ2v) is 4.26. The van der Waals surface area contributed by atoms with Gasteiger partial charge in [0.1, 0.15) is 6.54 Å². The Labute approximate surface area is 98.5 Å². The maximum atomic E-state index is 11.9. The van der Waals surface area contributed by atoms with E-state index in [1.165, 1.54) is 4.90 Å². The van der Waals surface area contributed by atoms with E-state index in [0.717, 1.165) is 19.4 Å². The molecule has 0 aromatic heterocycles. The highest BCUT2D eigenvalue weighted by atomic mass is 19.4. The summed E-state index contributed by atoms with van der Waals surface area (Å²) in [5.41, 5.74) is 0. The Morgan fingerprint density at radius 2 is 1.94 bits per heavy atom. The molecule has 2 amide bonds. The third-order valence-corrected chi connectivity index (χ3v) is 2.83. The summed E-state index contributed by atoms with van der Waals surface area (Å²) in [6, 6.07) is -0.620. The standard InChI is InChI=1S/C10H18F3N3O/c1-14-6-8-2-4-16(5-3-8)9(17)15-7-10(11,12)13/h8,14H,2-7H2,1H3,(H,15,17). The molecule has 4 nitrogen and oxygen atoms in total. The Kier molecular flexibility index (Phi) is 5.04. The van der Waals surface area contributed by atoms with Crippen LogP contribution in [0.1, 0.15) is 12.8 Å². The number of hydrogen-bond donors (Lipinski definition) is 2. The maximum absolute atomic E-state index is 11.9. The zero-order valence-electron chi connectivity index (χ0n) is 9.81. The van der Waals surface area contributed by atoms with Crippen LogP contribution < -0.4 is 10.6 Å². The van der Waals surface area contributed by atoms with Gasteiger partial charge >= 0.3 is 12.2 Å². The monoisotopic (exact) mass is 253 g/mol. The first-order valence-corrected chi connectivity index (χ1v) is 5.66. The van der Waals surface area contributed by atoms with Crippen molar-refractivity contribution in [3.63, 3.8) is 0 Å². The molecule has 1 saturated heterocycles. The zero-order valence-corrected chi connectivity index (χ0v) is 9.81. The van der Waals surface area contributed by atoms with Gasteiger partial charge in [-0.3, -0.25) is 0 Å². The Balaban J connectivity index is 2.26. The predicted octanol–water partition coefficient (Wildman–Crippen LogP) is 1.19. The molecule has 17 heavy (non-hydrogen) atoms. The summed E-state index contributed by atoms with van der Waals surface area (Å²) in [4.78, 5) is 12.9. The van der Waals surface area contributed by atoms with Crippen LogP contribution in [0.3, 0.4) is 0 Å². The molecule has 0 spiro atoms. The molecule has 1 rings (SSSR count). The predicted molar refractivity (Wildman–Crippen MR) is 57.7 cm³/mol. The minimum Gasteiger partial charge on any atom is -0.329 e. The molecule has 0 atom stereocenters. The Morgan fingerprint density at radius 3 is 2.41 bits per heavy atom. The van der Waals surface area contributed by atoms with E-state index in [-0.39, 0.29) is 0 Å². The van der Waals surface area contributed by atoms with Gasteiger partial charge < -0.3 is 15.5 Å². The first-order valence-electron chi connectivity index (χ1n) is 5.66. The van der Waals surface area contributed by atoms with E-state index in [4.69, 9.17) is 0 Å². The molecule has 0 saturated carbocycles. The van der Waals surface area contributed by atoms with Crippen LogP contribution in [-0.4, -0.2) is 50.3 Å². The van der Waals surface area contributed by atoms with Crippen LogP contribution in [0.2, 0.25) is 0 Å². The van der Waals surface area contributed by atoms with Gasteiger partial charge in [0.2, 0.25) is 0 Å². The molecule has 1 aliphatic rings. The molecular weight excluding hydrogens is 235 g/mol. The van der Waals surface area contributed by atoms with Gasteiger partial charge in [-0.1, -0.05) is 0 Å². The second-order valence-electron chi connectivity index (χ2n) is 4.26. The third kappa shape index (κ3) is 5.25. The number of carbonyl (C=O) groups is 1. The first-order chi connectivity index (χ1) is 7.92. The molecule has 0 bridgehead atoms. The van der Waals surface area contributed by atoms with Gasteiger partial charge in [-0.25, -0.2) is 4.79 Å². The van der Waals surface area contributed by atoms with E-state index in [1.54, 1.807) is 0 Å². The summed E-state index contributed by atoms with van der Waals surface area (Å²) >= 11 is 0. The topological polar surface area (TPSA) is 44.4 Å². The number of alkyl halides is 3. The van der Waals surface area contributed by atoms with Crippen LogP contribution >= 0.6 is 0 Å². The minimum absolute atomic E-state index is 0.506. The van der Waals surface area contributed by atoms with Crippen molar-refractivity contribution >= 4 is 6.03 Å². The van der Waals surface area contributed by atoms with Crippen molar-refractivity contribution in [2.24, 2.45) is 5.92 Å². The van der Waals surface area contributed by atoms with E-state index >= 15 is 0 Å². The molecule has 0 aromatic rings. The van der Waals surface area contributed by atoms with Gasteiger partial charge in [0.15, 0.2) is 0 Å². The van der Waals surface area contributed by atoms with Gasteiger partial charge in [-0.2, -0.15) is 13.2 Å². The van der Waals surface area contributed by atoms with Crippen molar-refractivity contribution in [2.45, 2.75) is 19.0 Å². The van der Waals surface area contributed by atoms with Crippen molar-refractivity contribution in [2.75, 3.05) is 33.2 Å². The fourth-order valence-corrected chi connectivity index (χ4v) is 1.92. The summed E-state index contributed by atoms with van der Waals surface area (Å²) in [7, 11) is 1.86. The highest BCUT2D eigenvalue weighted by Gasteiger charge is 2.29. The van der Waals surface area contributed by atoms with Crippen LogP contribution in [0.25, 0.3) is 0 Å². The van der Waals surface area contributed by atoms with Crippen molar-refractivity contribution < 1.29 is 18.0 Å². The van der Waals surface area contributed by atoms with E-state index in [2.05, 4.69) is 5.32 Å². The quantitative estimate of drug-likeness (QED) is 0.793. The average molecular weight is 253 g/mol. The fourth-order valence-electron chi connectivity index (χ4n) is 1.92. The number of rotatable bonds is 3. The van der Waals surface area contributed by atoms with E-state index in [1.807, 2.05) is 12.4 Å². The highest BCUT2D eigenvalue weighted by Crippen LogP contribution is 2.17. The van der Waals surface area contributed by atoms with Gasteiger partial charge in [0.05, 0.1) is 0 Å². The minimum atomic E-state index is -4.35. The number of amides is 2. The zero-order chi connectivity index (χ0) is 12.9. The molecule has 0 unspecified atom stereocenters. The summed E-state index contributed by atoms with van der Waals surface area (Å²) in [6.45, 7) is 0.673. The molecule has 0 radical (unpaired) electrons. The summed E-state index contributed by atoms with van der Waals surface area (Å²) in [5.74, 6) is 0.506. The molecule has 100 valence electrons. The molecule has 1 fully saturated rings. The Hall–Kier alpha value is -0.980. The van der Waals surface area contributed by atoms with Crippen molar-refractivity contribution in [3.8, 4) is 0 Å². The number of nitrogens with one attached hydrogen (secondary N) is 2. The van der Waals surface area contributed by atoms with Crippen molar-refractivity contribution in [1.29, 1.82) is 0 Å². The molecule has 2 N–H and O–H groups in total. The normalized spacial score (nSPS) is 18.2. The maximum Gasteiger partial charge on any atom is 0.405 e. The summed E-state index contributed by atoms with van der Waals surface area (Å²) in [6.07, 6.45) is -2.68. The van der Waals surface area contributed by atoms with Gasteiger partial charge in [0, 0.05) is 13.1 Å². The highest BCUT2D eigenvalue weighted by molar-refractivity contribution is 5.74. The van der Waals surface area contributed by atoms with Crippen LogP contribution in [0.4, 0.5) is 18.0 Å². The third-order valence-electron chi connectivity index (χ3n) is 2.83. The lowest BCUT2D eigenvalue weighted by atomic mass is 9.97. The molecule has 1 heterocycles. The van der Waals surface area contributed by atoms with E-state index in [0.29, 0.717) is 19.0 Å². The van der Waals surface area contributed by atoms with Crippen LogP contribution in [-0.2, 0) is 0 Å². The Morgan fingerprint density at radius 1 is 1.35 bits per heavy atom. The van der Waals surface area contributed by atoms with Crippen molar-refractivity contribution in [3.05, 3.63) is 0 Å². The number of urea groups is 1. The second kappa shape index (κ2) is 6.09. The molecule has 0 aliphatic carbocycles. The smallest absolute Gasteiger partial charge is 0.329 e. The molecule has 7 heteroatoms. The largest absolute Gasteiger partial charge is 0.405 e. The number of likely N-dealkylation sites (tertiary alicyclic amines) is 1. The van der Waals surface area contributed by atoms with Crippen LogP contribution in [0.5, 0.6) is 0 Å². The summed E-state index contributed by atoms with van der Waals surface area (Å²) in [5, 5.41) is 4.94. The Bertz CT molecular complexity index is 250. The average Bonchev–Trinajstić information content (AvgIpc) is 2.26. The van der Waals surface area contributed by atoms with Crippen molar-refractivity contribution in [1.82, 2.24) is 15.5 Å². The van der Waals surface area contributed by atoms with Crippen LogP contribution in [0.15, 0.2) is 0 Å². The van der Waals surface area contributed by atoms with Gasteiger partial charge in [-0.05, 0) is 32.4 Å². The number of halogens is 3. The van der Waals surface area contributed by atoms with E-state index < -0.39 is 18.8 Å².